The minimum Gasteiger partial charge on any atom is -0.507 e. The molecule has 0 spiro atoms. The zero-order valence-corrected chi connectivity index (χ0v) is 18.2. The second kappa shape index (κ2) is 9.61. The van der Waals surface area contributed by atoms with Crippen LogP contribution in [0.2, 0.25) is 0 Å². The van der Waals surface area contributed by atoms with Crippen LogP contribution in [0, 0.1) is 13.8 Å². The minimum atomic E-state index is 0.351. The summed E-state index contributed by atoms with van der Waals surface area (Å²) in [7, 11) is 1.66. The lowest BCUT2D eigenvalue weighted by molar-refractivity contribution is 0.412. The Labute approximate surface area is 171 Å². The molecule has 0 aliphatic heterocycles. The molecule has 0 aromatic heterocycles. The number of aryl methyl sites for hydroxylation is 2. The molecule has 27 heavy (non-hydrogen) atoms. The molecule has 0 aliphatic rings. The van der Waals surface area contributed by atoms with Gasteiger partial charge >= 0.3 is 0 Å². The van der Waals surface area contributed by atoms with Crippen LogP contribution in [0.5, 0.6) is 11.5 Å². The molecular formula is C24H27BrO2. The van der Waals surface area contributed by atoms with Crippen molar-refractivity contribution in [2.24, 2.45) is 0 Å². The predicted octanol–water partition coefficient (Wildman–Crippen LogP) is 7.26. The molecule has 0 radical (unpaired) electrons. The highest BCUT2D eigenvalue weighted by Crippen LogP contribution is 2.35. The van der Waals surface area contributed by atoms with E-state index in [9.17, 15) is 5.11 Å². The first-order valence-electron chi connectivity index (χ1n) is 9.02. The lowest BCUT2D eigenvalue weighted by Gasteiger charge is -2.14. The van der Waals surface area contributed by atoms with Crippen molar-refractivity contribution < 1.29 is 9.84 Å². The summed E-state index contributed by atoms with van der Waals surface area (Å²) in [6.45, 7) is 8.43. The molecule has 3 heteroatoms. The fraction of sp³-hybridized carbons (Fsp3) is 0.250. The molecule has 0 aliphatic carbocycles. The lowest BCUT2D eigenvalue weighted by atomic mass is 9.91. The highest BCUT2D eigenvalue weighted by Gasteiger charge is 2.11. The fourth-order valence-electron chi connectivity index (χ4n) is 2.88. The third-order valence-corrected chi connectivity index (χ3v) is 4.95. The number of phenolic OH excluding ortho intramolecular Hbond substituents is 1. The van der Waals surface area contributed by atoms with Gasteiger partial charge in [0.25, 0.3) is 0 Å². The third-order valence-electron chi connectivity index (χ3n) is 4.33. The van der Waals surface area contributed by atoms with Gasteiger partial charge in [-0.3, -0.25) is 0 Å². The van der Waals surface area contributed by atoms with Crippen LogP contribution in [0.1, 0.15) is 36.5 Å². The molecule has 3 rings (SSSR count). The third kappa shape index (κ3) is 5.61. The summed E-state index contributed by atoms with van der Waals surface area (Å²) < 4.78 is 6.06. The van der Waals surface area contributed by atoms with Gasteiger partial charge in [-0.05, 0) is 76.7 Å². The molecule has 0 fully saturated rings. The Bertz CT molecular complexity index is 901. The molecule has 3 aromatic carbocycles. The number of ether oxygens (including phenoxy) is 1. The van der Waals surface area contributed by atoms with E-state index in [0.717, 1.165) is 26.9 Å². The van der Waals surface area contributed by atoms with Gasteiger partial charge in [0.15, 0.2) is 0 Å². The van der Waals surface area contributed by atoms with Crippen LogP contribution in [-0.2, 0) is 0 Å². The normalized spacial score (nSPS) is 10.3. The summed E-state index contributed by atoms with van der Waals surface area (Å²) in [5.41, 5.74) is 5.72. The van der Waals surface area contributed by atoms with Crippen molar-refractivity contribution in [1.29, 1.82) is 0 Å². The van der Waals surface area contributed by atoms with Crippen molar-refractivity contribution in [3.05, 3.63) is 81.8 Å². The van der Waals surface area contributed by atoms with Crippen molar-refractivity contribution >= 4 is 15.9 Å². The average Bonchev–Trinajstić information content (AvgIpc) is 2.64. The van der Waals surface area contributed by atoms with Crippen LogP contribution in [0.3, 0.4) is 0 Å². The summed E-state index contributed by atoms with van der Waals surface area (Å²) in [6.07, 6.45) is 0. The van der Waals surface area contributed by atoms with E-state index < -0.39 is 0 Å². The number of aromatic hydroxyl groups is 1. The first-order chi connectivity index (χ1) is 12.8. The summed E-state index contributed by atoms with van der Waals surface area (Å²) in [5, 5.41) is 9.99. The first-order valence-corrected chi connectivity index (χ1v) is 9.81. The van der Waals surface area contributed by atoms with Crippen molar-refractivity contribution in [1.82, 2.24) is 0 Å². The molecule has 3 aromatic rings. The van der Waals surface area contributed by atoms with Crippen molar-refractivity contribution in [3.63, 3.8) is 0 Å². The molecule has 0 saturated heterocycles. The van der Waals surface area contributed by atoms with E-state index in [0.29, 0.717) is 11.7 Å². The van der Waals surface area contributed by atoms with Gasteiger partial charge in [0, 0.05) is 5.56 Å². The summed E-state index contributed by atoms with van der Waals surface area (Å²) in [5.74, 6) is 1.68. The summed E-state index contributed by atoms with van der Waals surface area (Å²) in [4.78, 5) is 0. The number of phenols is 1. The van der Waals surface area contributed by atoms with Gasteiger partial charge in [-0.1, -0.05) is 55.8 Å². The Kier molecular flexibility index (Phi) is 7.49. The maximum Gasteiger partial charge on any atom is 0.133 e. The van der Waals surface area contributed by atoms with Crippen molar-refractivity contribution in [2.45, 2.75) is 33.6 Å². The fourth-order valence-corrected chi connectivity index (χ4v) is 3.54. The van der Waals surface area contributed by atoms with E-state index in [1.165, 1.54) is 11.1 Å². The smallest absolute Gasteiger partial charge is 0.133 e. The Balaban J connectivity index is 0.000000223. The van der Waals surface area contributed by atoms with Crippen LogP contribution in [0.15, 0.2) is 65.1 Å². The number of hydrogen-bond acceptors (Lipinski definition) is 2. The summed E-state index contributed by atoms with van der Waals surface area (Å²) in [6, 6.07) is 20.0. The number of hydrogen-bond donors (Lipinski definition) is 1. The number of halogens is 1. The molecule has 0 unspecified atom stereocenters. The molecule has 2 nitrogen and oxygen atoms in total. The van der Waals surface area contributed by atoms with Gasteiger partial charge in [0.05, 0.1) is 11.6 Å². The number of methoxy groups -OCH3 is 1. The topological polar surface area (TPSA) is 29.5 Å². The van der Waals surface area contributed by atoms with E-state index in [4.69, 9.17) is 4.74 Å². The van der Waals surface area contributed by atoms with Gasteiger partial charge < -0.3 is 9.84 Å². The van der Waals surface area contributed by atoms with E-state index in [2.05, 4.69) is 41.9 Å². The maximum absolute atomic E-state index is 9.99. The lowest BCUT2D eigenvalue weighted by Crippen LogP contribution is -1.92. The van der Waals surface area contributed by atoms with E-state index in [1.54, 1.807) is 13.2 Å². The molecule has 0 saturated carbocycles. The molecular weight excluding hydrogens is 400 g/mol. The average molecular weight is 427 g/mol. The molecule has 0 bridgehead atoms. The van der Waals surface area contributed by atoms with Gasteiger partial charge in [-0.15, -0.1) is 0 Å². The second-order valence-corrected chi connectivity index (χ2v) is 7.75. The highest BCUT2D eigenvalue weighted by molar-refractivity contribution is 9.10. The highest BCUT2D eigenvalue weighted by atomic mass is 79.9. The predicted molar refractivity (Wildman–Crippen MR) is 118 cm³/mol. The van der Waals surface area contributed by atoms with Crippen molar-refractivity contribution in [3.8, 4) is 22.6 Å². The summed E-state index contributed by atoms with van der Waals surface area (Å²) >= 11 is 3.38. The Hall–Kier alpha value is -2.26. The Morgan fingerprint density at radius 1 is 0.852 bits per heavy atom. The second-order valence-electron chi connectivity index (χ2n) is 6.90. The number of rotatable bonds is 3. The standard InChI is InChI=1S/C16H18O.C8H9BrO/c1-11(2)13-6-4-5-7-14(13)15-10-12(3)8-9-16(15)17;1-6-3-4-8(10-2)7(9)5-6/h4-11,17H,1-3H3;3-5H,1-2H3. The zero-order valence-electron chi connectivity index (χ0n) is 16.6. The Morgan fingerprint density at radius 3 is 2.11 bits per heavy atom. The van der Waals surface area contributed by atoms with E-state index in [1.807, 2.05) is 56.3 Å². The monoisotopic (exact) mass is 426 g/mol. The molecule has 142 valence electrons. The van der Waals surface area contributed by atoms with Crippen LogP contribution in [0.25, 0.3) is 11.1 Å². The zero-order chi connectivity index (χ0) is 20.0. The first kappa shape index (κ1) is 21.0. The minimum absolute atomic E-state index is 0.351. The van der Waals surface area contributed by atoms with Crippen LogP contribution in [-0.4, -0.2) is 12.2 Å². The van der Waals surface area contributed by atoms with Crippen LogP contribution < -0.4 is 4.74 Å². The Morgan fingerprint density at radius 2 is 1.48 bits per heavy atom. The van der Waals surface area contributed by atoms with Crippen LogP contribution >= 0.6 is 15.9 Å². The SMILES string of the molecule is COc1ccc(C)cc1Br.Cc1ccc(O)c(-c2ccccc2C(C)C)c1. The molecule has 0 atom stereocenters. The van der Waals surface area contributed by atoms with Crippen LogP contribution in [0.4, 0.5) is 0 Å². The van der Waals surface area contributed by atoms with Gasteiger partial charge in [0.1, 0.15) is 11.5 Å². The van der Waals surface area contributed by atoms with Gasteiger partial charge in [-0.2, -0.15) is 0 Å². The molecule has 0 amide bonds. The van der Waals surface area contributed by atoms with Gasteiger partial charge in [-0.25, -0.2) is 0 Å². The number of benzene rings is 3. The molecule has 1 N–H and O–H groups in total. The molecule has 0 heterocycles. The quantitative estimate of drug-likeness (QED) is 0.477. The largest absolute Gasteiger partial charge is 0.507 e. The maximum atomic E-state index is 9.99. The van der Waals surface area contributed by atoms with Gasteiger partial charge in [0.2, 0.25) is 0 Å². The van der Waals surface area contributed by atoms with E-state index >= 15 is 0 Å². The van der Waals surface area contributed by atoms with E-state index in [-0.39, 0.29) is 0 Å². The van der Waals surface area contributed by atoms with Crippen molar-refractivity contribution in [2.75, 3.05) is 7.11 Å².